The largest absolute Gasteiger partial charge is 0.299 e. The van der Waals surface area contributed by atoms with E-state index in [4.69, 9.17) is 5.26 Å². The maximum atomic E-state index is 11.9. The van der Waals surface area contributed by atoms with Crippen LogP contribution in [-0.2, 0) is 10.2 Å². The molecular formula is C12H17N3O2S. The second-order valence-corrected chi connectivity index (χ2v) is 6.48. The molecule has 0 unspecified atom stereocenters. The van der Waals surface area contributed by atoms with Crippen molar-refractivity contribution in [2.45, 2.75) is 33.2 Å². The number of nitrogens with one attached hydrogen (secondary N) is 2. The lowest BCUT2D eigenvalue weighted by Crippen LogP contribution is -2.43. The van der Waals surface area contributed by atoms with Gasteiger partial charge in [-0.3, -0.25) is 4.72 Å². The van der Waals surface area contributed by atoms with Crippen molar-refractivity contribution in [3.8, 4) is 6.07 Å². The zero-order valence-electron chi connectivity index (χ0n) is 10.9. The van der Waals surface area contributed by atoms with Crippen molar-refractivity contribution in [1.82, 2.24) is 4.72 Å². The SMILES string of the molecule is Cc1cccc(NS(=O)(=O)NC(C)(C)C)c1C#N. The van der Waals surface area contributed by atoms with E-state index in [1.54, 1.807) is 45.9 Å². The van der Waals surface area contributed by atoms with Gasteiger partial charge in [-0.25, -0.2) is 0 Å². The third-order valence-corrected chi connectivity index (χ3v) is 3.44. The zero-order chi connectivity index (χ0) is 14.0. The summed E-state index contributed by atoms with van der Waals surface area (Å²) in [5.74, 6) is 0. The lowest BCUT2D eigenvalue weighted by Gasteiger charge is -2.21. The summed E-state index contributed by atoms with van der Waals surface area (Å²) in [6.45, 7) is 6.99. The van der Waals surface area contributed by atoms with Crippen molar-refractivity contribution in [2.75, 3.05) is 4.72 Å². The standard InChI is InChI=1S/C12H17N3O2S/c1-9-6-5-7-11(10(9)8-13)14-18(16,17)15-12(2,3)4/h5-7,14-15H,1-4H3. The minimum Gasteiger partial charge on any atom is -0.270 e. The highest BCUT2D eigenvalue weighted by atomic mass is 32.2. The van der Waals surface area contributed by atoms with Crippen LogP contribution < -0.4 is 9.44 Å². The molecule has 0 aliphatic rings. The summed E-state index contributed by atoms with van der Waals surface area (Å²) < 4.78 is 28.6. The van der Waals surface area contributed by atoms with E-state index in [0.29, 0.717) is 5.56 Å². The highest BCUT2D eigenvalue weighted by Crippen LogP contribution is 2.19. The number of nitriles is 1. The third-order valence-electron chi connectivity index (χ3n) is 2.07. The Kier molecular flexibility index (Phi) is 3.99. The van der Waals surface area contributed by atoms with Crippen LogP contribution in [0.1, 0.15) is 31.9 Å². The van der Waals surface area contributed by atoms with Crippen LogP contribution in [0.25, 0.3) is 0 Å². The number of benzene rings is 1. The fraction of sp³-hybridized carbons (Fsp3) is 0.417. The molecule has 0 saturated heterocycles. The molecule has 1 aromatic carbocycles. The summed E-state index contributed by atoms with van der Waals surface area (Å²) in [4.78, 5) is 0. The monoisotopic (exact) mass is 267 g/mol. The summed E-state index contributed by atoms with van der Waals surface area (Å²) in [5.41, 5.74) is 0.766. The van der Waals surface area contributed by atoms with Crippen molar-refractivity contribution >= 4 is 15.9 Å². The molecular weight excluding hydrogens is 250 g/mol. The van der Waals surface area contributed by atoms with Crippen LogP contribution in [0.2, 0.25) is 0 Å². The molecule has 0 aliphatic heterocycles. The van der Waals surface area contributed by atoms with Gasteiger partial charge in [-0.2, -0.15) is 18.4 Å². The van der Waals surface area contributed by atoms with Crippen LogP contribution in [-0.4, -0.2) is 14.0 Å². The Bertz CT molecular complexity index is 580. The summed E-state index contributed by atoms with van der Waals surface area (Å²) in [5, 5.41) is 9.02. The van der Waals surface area contributed by atoms with Crippen LogP contribution >= 0.6 is 0 Å². The Morgan fingerprint density at radius 1 is 1.28 bits per heavy atom. The fourth-order valence-corrected chi connectivity index (χ4v) is 2.79. The van der Waals surface area contributed by atoms with E-state index in [1.165, 1.54) is 0 Å². The quantitative estimate of drug-likeness (QED) is 0.877. The Morgan fingerprint density at radius 3 is 2.39 bits per heavy atom. The van der Waals surface area contributed by atoms with Crippen LogP contribution in [0.3, 0.4) is 0 Å². The number of anilines is 1. The first-order chi connectivity index (χ1) is 8.14. The molecule has 98 valence electrons. The highest BCUT2D eigenvalue weighted by molar-refractivity contribution is 7.90. The molecule has 0 atom stereocenters. The van der Waals surface area contributed by atoms with Crippen LogP contribution in [0.5, 0.6) is 0 Å². The average Bonchev–Trinajstić information content (AvgIpc) is 2.13. The van der Waals surface area contributed by atoms with Crippen molar-refractivity contribution in [3.63, 3.8) is 0 Å². The molecule has 0 bridgehead atoms. The van der Waals surface area contributed by atoms with Crippen LogP contribution in [0.15, 0.2) is 18.2 Å². The summed E-state index contributed by atoms with van der Waals surface area (Å²) in [6.07, 6.45) is 0. The van der Waals surface area contributed by atoms with Gasteiger partial charge in [0.15, 0.2) is 0 Å². The van der Waals surface area contributed by atoms with E-state index >= 15 is 0 Å². The second-order valence-electron chi connectivity index (χ2n) is 5.07. The molecule has 18 heavy (non-hydrogen) atoms. The maximum absolute atomic E-state index is 11.9. The third kappa shape index (κ3) is 4.02. The van der Waals surface area contributed by atoms with Gasteiger partial charge in [0, 0.05) is 5.54 Å². The Morgan fingerprint density at radius 2 is 1.89 bits per heavy atom. The minimum atomic E-state index is -3.69. The number of nitrogens with zero attached hydrogens (tertiary/aromatic N) is 1. The first kappa shape index (κ1) is 14.5. The zero-order valence-corrected chi connectivity index (χ0v) is 11.7. The van der Waals surface area contributed by atoms with Crippen molar-refractivity contribution in [2.24, 2.45) is 0 Å². The molecule has 1 aromatic rings. The van der Waals surface area contributed by atoms with Crippen LogP contribution in [0.4, 0.5) is 5.69 Å². The summed E-state index contributed by atoms with van der Waals surface area (Å²) in [6, 6.07) is 7.01. The average molecular weight is 267 g/mol. The fourth-order valence-electron chi connectivity index (χ4n) is 1.47. The van der Waals surface area contributed by atoms with Gasteiger partial charge >= 0.3 is 0 Å². The predicted octanol–water partition coefficient (Wildman–Crippen LogP) is 1.91. The van der Waals surface area contributed by atoms with E-state index in [1.807, 2.05) is 6.07 Å². The molecule has 5 nitrogen and oxygen atoms in total. The molecule has 2 N–H and O–H groups in total. The maximum Gasteiger partial charge on any atom is 0.299 e. The topological polar surface area (TPSA) is 82.0 Å². The predicted molar refractivity (Wildman–Crippen MR) is 71.3 cm³/mol. The van der Waals surface area contributed by atoms with Gasteiger partial charge in [-0.15, -0.1) is 0 Å². The molecule has 0 amide bonds. The van der Waals surface area contributed by atoms with E-state index in [2.05, 4.69) is 9.44 Å². The summed E-state index contributed by atoms with van der Waals surface area (Å²) >= 11 is 0. The van der Waals surface area contributed by atoms with E-state index in [-0.39, 0.29) is 5.69 Å². The minimum absolute atomic E-state index is 0.286. The van der Waals surface area contributed by atoms with E-state index in [0.717, 1.165) is 5.56 Å². The van der Waals surface area contributed by atoms with Gasteiger partial charge in [0.05, 0.1) is 11.3 Å². The van der Waals surface area contributed by atoms with Gasteiger partial charge < -0.3 is 0 Å². The van der Waals surface area contributed by atoms with Crippen molar-refractivity contribution in [3.05, 3.63) is 29.3 Å². The number of hydrogen-bond donors (Lipinski definition) is 2. The number of rotatable bonds is 3. The lowest BCUT2D eigenvalue weighted by molar-refractivity contribution is 0.494. The molecule has 0 aromatic heterocycles. The molecule has 0 heterocycles. The van der Waals surface area contributed by atoms with Gasteiger partial charge in [-0.1, -0.05) is 12.1 Å². The molecule has 0 radical (unpaired) electrons. The Balaban J connectivity index is 3.07. The Hall–Kier alpha value is -1.58. The first-order valence-corrected chi connectivity index (χ1v) is 6.94. The lowest BCUT2D eigenvalue weighted by atomic mass is 10.1. The van der Waals surface area contributed by atoms with E-state index in [9.17, 15) is 8.42 Å². The second kappa shape index (κ2) is 4.96. The van der Waals surface area contributed by atoms with Crippen molar-refractivity contribution < 1.29 is 8.42 Å². The molecule has 0 fully saturated rings. The molecule has 0 saturated carbocycles. The Labute approximate surface area is 108 Å². The van der Waals surface area contributed by atoms with Crippen molar-refractivity contribution in [1.29, 1.82) is 5.26 Å². The number of hydrogen-bond acceptors (Lipinski definition) is 3. The molecule has 0 spiro atoms. The van der Waals surface area contributed by atoms with Gasteiger partial charge in [0.25, 0.3) is 10.2 Å². The van der Waals surface area contributed by atoms with E-state index < -0.39 is 15.7 Å². The van der Waals surface area contributed by atoms with Crippen LogP contribution in [0, 0.1) is 18.3 Å². The van der Waals surface area contributed by atoms with Gasteiger partial charge in [0.2, 0.25) is 0 Å². The first-order valence-electron chi connectivity index (χ1n) is 5.46. The number of aryl methyl sites for hydroxylation is 1. The molecule has 1 rings (SSSR count). The molecule has 0 aliphatic carbocycles. The van der Waals surface area contributed by atoms with Gasteiger partial charge in [-0.05, 0) is 39.3 Å². The normalized spacial score (nSPS) is 11.9. The molecule has 6 heteroatoms. The summed E-state index contributed by atoms with van der Waals surface area (Å²) in [7, 11) is -3.69. The highest BCUT2D eigenvalue weighted by Gasteiger charge is 2.20. The van der Waals surface area contributed by atoms with Gasteiger partial charge in [0.1, 0.15) is 6.07 Å². The smallest absolute Gasteiger partial charge is 0.270 e.